The molecule has 2 saturated heterocycles. The number of hydrogen-bond acceptors (Lipinski definition) is 4. The number of nitrogens with one attached hydrogen (secondary N) is 1. The van der Waals surface area contributed by atoms with Crippen molar-refractivity contribution in [3.05, 3.63) is 20.8 Å². The van der Waals surface area contributed by atoms with Crippen LogP contribution < -0.4 is 5.32 Å². The van der Waals surface area contributed by atoms with Crippen molar-refractivity contribution >= 4 is 57.2 Å². The van der Waals surface area contributed by atoms with E-state index in [1.54, 1.807) is 11.3 Å². The van der Waals surface area contributed by atoms with E-state index in [9.17, 15) is 0 Å². The fourth-order valence-corrected chi connectivity index (χ4v) is 4.59. The predicted octanol–water partition coefficient (Wildman–Crippen LogP) is 3.13. The van der Waals surface area contributed by atoms with Crippen LogP contribution in [-0.4, -0.2) is 63.0 Å². The van der Waals surface area contributed by atoms with Crippen molar-refractivity contribution in [3.63, 3.8) is 0 Å². The lowest BCUT2D eigenvalue weighted by molar-refractivity contribution is -0.0816. The van der Waals surface area contributed by atoms with Crippen molar-refractivity contribution in [2.75, 3.05) is 39.9 Å². The average molecular weight is 530 g/mol. The van der Waals surface area contributed by atoms with Crippen LogP contribution in [0.25, 0.3) is 0 Å². The summed E-state index contributed by atoms with van der Waals surface area (Å²) in [5, 5.41) is 3.48. The molecule has 1 aromatic rings. The first-order chi connectivity index (χ1) is 11.3. The number of guanidine groups is 1. The Morgan fingerprint density at radius 2 is 2.21 bits per heavy atom. The van der Waals surface area contributed by atoms with Gasteiger partial charge in [-0.1, -0.05) is 0 Å². The van der Waals surface area contributed by atoms with Gasteiger partial charge in [-0.2, -0.15) is 0 Å². The summed E-state index contributed by atoms with van der Waals surface area (Å²) in [6.07, 6.45) is 3.68. The van der Waals surface area contributed by atoms with Crippen LogP contribution in [0.3, 0.4) is 0 Å². The van der Waals surface area contributed by atoms with Crippen LogP contribution in [0.2, 0.25) is 0 Å². The molecule has 3 rings (SSSR count). The zero-order valence-electron chi connectivity index (χ0n) is 13.9. The molecule has 24 heavy (non-hydrogen) atoms. The highest BCUT2D eigenvalue weighted by Crippen LogP contribution is 2.22. The summed E-state index contributed by atoms with van der Waals surface area (Å²) in [4.78, 5) is 8.10. The van der Waals surface area contributed by atoms with Crippen molar-refractivity contribution in [1.82, 2.24) is 10.2 Å². The van der Waals surface area contributed by atoms with Crippen LogP contribution in [0.15, 0.2) is 20.9 Å². The van der Waals surface area contributed by atoms with Crippen molar-refractivity contribution in [2.45, 2.75) is 31.5 Å². The molecule has 0 saturated carbocycles. The maximum absolute atomic E-state index is 5.91. The Labute approximate surface area is 173 Å². The molecule has 0 amide bonds. The molecular formula is C16H25BrIN3O2S. The lowest BCUT2D eigenvalue weighted by atomic mass is 10.1. The minimum atomic E-state index is 0. The number of halogens is 2. The Bertz CT molecular complexity index is 537. The van der Waals surface area contributed by atoms with E-state index in [-0.39, 0.29) is 36.2 Å². The van der Waals surface area contributed by atoms with Gasteiger partial charge in [-0.3, -0.25) is 4.99 Å². The smallest absolute Gasteiger partial charge is 0.193 e. The molecule has 2 atom stereocenters. The Kier molecular flexibility index (Phi) is 8.76. The molecule has 0 aromatic carbocycles. The van der Waals surface area contributed by atoms with Gasteiger partial charge < -0.3 is 19.7 Å². The average Bonchev–Trinajstić information content (AvgIpc) is 3.23. The van der Waals surface area contributed by atoms with Gasteiger partial charge in [0.15, 0.2) is 5.96 Å². The molecule has 8 heteroatoms. The van der Waals surface area contributed by atoms with Crippen LogP contribution in [0.1, 0.15) is 17.7 Å². The standard InChI is InChI=1S/C16H24BrN3O2S.HI/c1-18-16(19-7-6-12-4-5-15(17)23-12)20-8-10-22-14(11-20)13-3-2-9-21-13;/h4-5,13-14H,2-3,6-11H2,1H3,(H,18,19);1H. The summed E-state index contributed by atoms with van der Waals surface area (Å²) in [7, 11) is 1.85. The fraction of sp³-hybridized carbons (Fsp3) is 0.688. The summed E-state index contributed by atoms with van der Waals surface area (Å²) in [6.45, 7) is 4.24. The Balaban J connectivity index is 0.00000208. The van der Waals surface area contributed by atoms with Gasteiger partial charge in [-0.05, 0) is 47.3 Å². The van der Waals surface area contributed by atoms with E-state index < -0.39 is 0 Å². The van der Waals surface area contributed by atoms with Gasteiger partial charge in [0.2, 0.25) is 0 Å². The van der Waals surface area contributed by atoms with E-state index in [0.717, 1.165) is 58.1 Å². The molecule has 1 aromatic heterocycles. The van der Waals surface area contributed by atoms with Gasteiger partial charge in [-0.25, -0.2) is 0 Å². The molecular weight excluding hydrogens is 505 g/mol. The van der Waals surface area contributed by atoms with Crippen LogP contribution in [0.4, 0.5) is 0 Å². The topological polar surface area (TPSA) is 46.1 Å². The molecule has 1 N–H and O–H groups in total. The number of hydrogen-bond donors (Lipinski definition) is 1. The fourth-order valence-electron chi connectivity index (χ4n) is 3.10. The van der Waals surface area contributed by atoms with Gasteiger partial charge in [0.25, 0.3) is 0 Å². The summed E-state index contributed by atoms with van der Waals surface area (Å²) in [5.41, 5.74) is 0. The van der Waals surface area contributed by atoms with Crippen LogP contribution in [0.5, 0.6) is 0 Å². The third-order valence-electron chi connectivity index (χ3n) is 4.27. The molecule has 2 aliphatic heterocycles. The molecule has 0 spiro atoms. The van der Waals surface area contributed by atoms with Gasteiger partial charge in [0.1, 0.15) is 6.10 Å². The maximum atomic E-state index is 5.91. The number of ether oxygens (including phenoxy) is 2. The zero-order valence-corrected chi connectivity index (χ0v) is 18.6. The van der Waals surface area contributed by atoms with Crippen molar-refractivity contribution in [3.8, 4) is 0 Å². The second kappa shape index (κ2) is 10.3. The molecule has 0 radical (unpaired) electrons. The molecule has 0 bridgehead atoms. The first-order valence-electron chi connectivity index (χ1n) is 8.19. The number of aliphatic imine (C=N–C) groups is 1. The highest BCUT2D eigenvalue weighted by Gasteiger charge is 2.32. The van der Waals surface area contributed by atoms with E-state index in [2.05, 4.69) is 43.3 Å². The second-order valence-electron chi connectivity index (χ2n) is 5.84. The Morgan fingerprint density at radius 1 is 1.38 bits per heavy atom. The molecule has 3 heterocycles. The zero-order chi connectivity index (χ0) is 16.1. The lowest BCUT2D eigenvalue weighted by Crippen LogP contribution is -2.53. The van der Waals surface area contributed by atoms with Gasteiger partial charge in [0.05, 0.1) is 16.5 Å². The highest BCUT2D eigenvalue weighted by atomic mass is 127. The molecule has 2 unspecified atom stereocenters. The normalized spacial score (nSPS) is 24.8. The van der Waals surface area contributed by atoms with Crippen molar-refractivity contribution in [1.29, 1.82) is 0 Å². The number of morpholine rings is 1. The minimum Gasteiger partial charge on any atom is -0.375 e. The first kappa shape index (κ1) is 20.4. The van der Waals surface area contributed by atoms with Gasteiger partial charge in [0, 0.05) is 38.2 Å². The second-order valence-corrected chi connectivity index (χ2v) is 8.38. The molecule has 2 aliphatic rings. The van der Waals surface area contributed by atoms with E-state index in [1.165, 1.54) is 8.66 Å². The summed E-state index contributed by atoms with van der Waals surface area (Å²) >= 11 is 5.29. The van der Waals surface area contributed by atoms with E-state index in [4.69, 9.17) is 9.47 Å². The van der Waals surface area contributed by atoms with Crippen LogP contribution >= 0.6 is 51.2 Å². The van der Waals surface area contributed by atoms with E-state index >= 15 is 0 Å². The number of thiophene rings is 1. The first-order valence-corrected chi connectivity index (χ1v) is 9.80. The van der Waals surface area contributed by atoms with Crippen LogP contribution in [-0.2, 0) is 15.9 Å². The molecule has 136 valence electrons. The summed E-state index contributed by atoms with van der Waals surface area (Å²) < 4.78 is 12.9. The number of nitrogens with zero attached hydrogens (tertiary/aromatic N) is 2. The lowest BCUT2D eigenvalue weighted by Gasteiger charge is -2.37. The quantitative estimate of drug-likeness (QED) is 0.370. The van der Waals surface area contributed by atoms with E-state index in [0.29, 0.717) is 0 Å². The molecule has 2 fully saturated rings. The monoisotopic (exact) mass is 529 g/mol. The molecule has 0 aliphatic carbocycles. The SMILES string of the molecule is CN=C(NCCc1ccc(Br)s1)N1CCOC(C2CCCO2)C1.I. The Morgan fingerprint density at radius 3 is 2.88 bits per heavy atom. The number of rotatable bonds is 4. The third-order valence-corrected chi connectivity index (χ3v) is 5.95. The maximum Gasteiger partial charge on any atom is 0.193 e. The van der Waals surface area contributed by atoms with Gasteiger partial charge in [-0.15, -0.1) is 35.3 Å². The minimum absolute atomic E-state index is 0. The van der Waals surface area contributed by atoms with Gasteiger partial charge >= 0.3 is 0 Å². The summed E-state index contributed by atoms with van der Waals surface area (Å²) in [6, 6.07) is 4.27. The van der Waals surface area contributed by atoms with Crippen molar-refractivity contribution in [2.24, 2.45) is 4.99 Å². The highest BCUT2D eigenvalue weighted by molar-refractivity contribution is 14.0. The van der Waals surface area contributed by atoms with Crippen LogP contribution in [0, 0.1) is 0 Å². The Hall–Kier alpha value is 0.1000. The largest absolute Gasteiger partial charge is 0.375 e. The van der Waals surface area contributed by atoms with E-state index in [1.807, 2.05) is 7.05 Å². The molecule has 5 nitrogen and oxygen atoms in total. The summed E-state index contributed by atoms with van der Waals surface area (Å²) in [5.74, 6) is 0.965. The third kappa shape index (κ3) is 5.55. The van der Waals surface area contributed by atoms with Crippen molar-refractivity contribution < 1.29 is 9.47 Å². The predicted molar refractivity (Wildman–Crippen MR) is 113 cm³/mol.